The van der Waals surface area contributed by atoms with E-state index in [1.165, 1.54) is 13.0 Å². The van der Waals surface area contributed by atoms with Crippen LogP contribution in [0.15, 0.2) is 24.3 Å². The SMILES string of the molecule is CC(=O)OC(Br)Cc1ccccc1C(=O)O. The summed E-state index contributed by atoms with van der Waals surface area (Å²) in [6.07, 6.45) is 0.321. The summed E-state index contributed by atoms with van der Waals surface area (Å²) in [5.74, 6) is -1.40. The molecule has 0 saturated carbocycles. The number of ether oxygens (including phenoxy) is 1. The average Bonchev–Trinajstić information content (AvgIpc) is 2.16. The van der Waals surface area contributed by atoms with Crippen molar-refractivity contribution in [1.82, 2.24) is 0 Å². The molecule has 0 radical (unpaired) electrons. The van der Waals surface area contributed by atoms with Gasteiger partial charge in [0, 0.05) is 13.3 Å². The highest BCUT2D eigenvalue weighted by Crippen LogP contribution is 2.16. The maximum Gasteiger partial charge on any atom is 0.335 e. The van der Waals surface area contributed by atoms with E-state index in [1.807, 2.05) is 0 Å². The normalized spacial score (nSPS) is 11.9. The van der Waals surface area contributed by atoms with Crippen LogP contribution >= 0.6 is 15.9 Å². The third kappa shape index (κ3) is 3.66. The Bertz CT molecular complexity index is 403. The van der Waals surface area contributed by atoms with Gasteiger partial charge in [-0.05, 0) is 27.6 Å². The van der Waals surface area contributed by atoms with Gasteiger partial charge in [0.2, 0.25) is 0 Å². The Labute approximate surface area is 101 Å². The second-order valence-electron chi connectivity index (χ2n) is 3.19. The highest BCUT2D eigenvalue weighted by atomic mass is 79.9. The zero-order valence-corrected chi connectivity index (χ0v) is 10.2. The van der Waals surface area contributed by atoms with Gasteiger partial charge in [-0.15, -0.1) is 0 Å². The van der Waals surface area contributed by atoms with E-state index in [2.05, 4.69) is 15.9 Å². The van der Waals surface area contributed by atoms with Crippen molar-refractivity contribution in [2.24, 2.45) is 0 Å². The number of benzene rings is 1. The third-order valence-electron chi connectivity index (χ3n) is 1.92. The molecule has 0 bridgehead atoms. The lowest BCUT2D eigenvalue weighted by Gasteiger charge is -2.11. The number of carboxylic acid groups (broad SMARTS) is 1. The fourth-order valence-electron chi connectivity index (χ4n) is 1.30. The summed E-state index contributed by atoms with van der Waals surface area (Å²) in [5.41, 5.74) is 0.845. The minimum atomic E-state index is -0.988. The zero-order valence-electron chi connectivity index (χ0n) is 8.64. The second-order valence-corrected chi connectivity index (χ2v) is 4.21. The third-order valence-corrected chi connectivity index (χ3v) is 2.43. The molecule has 0 aliphatic rings. The number of carbonyl (C=O) groups is 2. The Balaban J connectivity index is 2.80. The molecule has 0 fully saturated rings. The summed E-state index contributed by atoms with van der Waals surface area (Å²) in [4.78, 5) is 21.6. The summed E-state index contributed by atoms with van der Waals surface area (Å²) in [7, 11) is 0. The molecule has 0 heterocycles. The molecule has 1 aromatic carbocycles. The van der Waals surface area contributed by atoms with Gasteiger partial charge in [0.1, 0.15) is 0 Å². The zero-order chi connectivity index (χ0) is 12.1. The first-order valence-electron chi connectivity index (χ1n) is 4.63. The van der Waals surface area contributed by atoms with E-state index < -0.39 is 17.0 Å². The number of halogens is 1. The molecular formula is C11H11BrO4. The molecule has 1 N–H and O–H groups in total. The lowest BCUT2D eigenvalue weighted by Crippen LogP contribution is -2.14. The molecular weight excluding hydrogens is 276 g/mol. The summed E-state index contributed by atoms with van der Waals surface area (Å²) in [6, 6.07) is 6.61. The first-order valence-corrected chi connectivity index (χ1v) is 5.54. The van der Waals surface area contributed by atoms with Gasteiger partial charge in [-0.1, -0.05) is 18.2 Å². The maximum atomic E-state index is 10.9. The van der Waals surface area contributed by atoms with Crippen LogP contribution < -0.4 is 0 Å². The summed E-state index contributed by atoms with van der Waals surface area (Å²) in [5, 5.41) is 8.43. The molecule has 0 aliphatic heterocycles. The predicted molar refractivity (Wildman–Crippen MR) is 61.6 cm³/mol. The lowest BCUT2D eigenvalue weighted by atomic mass is 10.1. The average molecular weight is 287 g/mol. The van der Waals surface area contributed by atoms with E-state index in [9.17, 15) is 9.59 Å². The van der Waals surface area contributed by atoms with Crippen molar-refractivity contribution < 1.29 is 19.4 Å². The van der Waals surface area contributed by atoms with Crippen LogP contribution in [-0.2, 0) is 16.0 Å². The Morgan fingerprint density at radius 1 is 1.44 bits per heavy atom. The number of alkyl halides is 1. The van der Waals surface area contributed by atoms with E-state index >= 15 is 0 Å². The molecule has 0 spiro atoms. The van der Waals surface area contributed by atoms with Crippen LogP contribution in [0.25, 0.3) is 0 Å². The van der Waals surface area contributed by atoms with Gasteiger partial charge < -0.3 is 9.84 Å². The predicted octanol–water partition coefficient (Wildman–Crippen LogP) is 2.21. The van der Waals surface area contributed by atoms with Crippen LogP contribution in [0, 0.1) is 0 Å². The monoisotopic (exact) mass is 286 g/mol. The van der Waals surface area contributed by atoms with Crippen LogP contribution in [0.2, 0.25) is 0 Å². The number of hydrogen-bond donors (Lipinski definition) is 1. The number of rotatable bonds is 4. The minimum absolute atomic E-state index is 0.221. The molecule has 1 rings (SSSR count). The quantitative estimate of drug-likeness (QED) is 0.681. The van der Waals surface area contributed by atoms with Crippen LogP contribution in [-0.4, -0.2) is 22.1 Å². The molecule has 1 atom stereocenters. The van der Waals surface area contributed by atoms with E-state index in [0.29, 0.717) is 12.0 Å². The Hall–Kier alpha value is -1.36. The van der Waals surface area contributed by atoms with Crippen molar-refractivity contribution in [3.8, 4) is 0 Å². The molecule has 0 amide bonds. The molecule has 1 aromatic rings. The van der Waals surface area contributed by atoms with Crippen molar-refractivity contribution in [2.75, 3.05) is 0 Å². The topological polar surface area (TPSA) is 63.6 Å². The van der Waals surface area contributed by atoms with Gasteiger partial charge in [0.25, 0.3) is 0 Å². The molecule has 0 aliphatic carbocycles. The molecule has 1 unspecified atom stereocenters. The van der Waals surface area contributed by atoms with Crippen LogP contribution in [0.4, 0.5) is 0 Å². The smallest absolute Gasteiger partial charge is 0.335 e. The number of esters is 1. The van der Waals surface area contributed by atoms with Crippen LogP contribution in [0.3, 0.4) is 0 Å². The number of hydrogen-bond acceptors (Lipinski definition) is 3. The summed E-state index contributed by atoms with van der Waals surface area (Å²) in [6.45, 7) is 1.30. The van der Waals surface area contributed by atoms with E-state index in [4.69, 9.17) is 9.84 Å². The lowest BCUT2D eigenvalue weighted by molar-refractivity contribution is -0.142. The molecule has 16 heavy (non-hydrogen) atoms. The van der Waals surface area contributed by atoms with Crippen molar-refractivity contribution in [3.63, 3.8) is 0 Å². The maximum absolute atomic E-state index is 10.9. The van der Waals surface area contributed by atoms with Gasteiger partial charge in [-0.25, -0.2) is 4.79 Å². The second kappa shape index (κ2) is 5.65. The molecule has 0 aromatic heterocycles. The molecule has 86 valence electrons. The Morgan fingerprint density at radius 2 is 2.06 bits per heavy atom. The van der Waals surface area contributed by atoms with Crippen molar-refractivity contribution in [3.05, 3.63) is 35.4 Å². The van der Waals surface area contributed by atoms with Gasteiger partial charge in [0.15, 0.2) is 5.01 Å². The number of carboxylic acids is 1. The largest absolute Gasteiger partial charge is 0.478 e. The van der Waals surface area contributed by atoms with Gasteiger partial charge >= 0.3 is 11.9 Å². The first kappa shape index (κ1) is 12.7. The Morgan fingerprint density at radius 3 is 2.62 bits per heavy atom. The fraction of sp³-hybridized carbons (Fsp3) is 0.273. The highest BCUT2D eigenvalue weighted by molar-refractivity contribution is 9.09. The summed E-state index contributed by atoms with van der Waals surface area (Å²) < 4.78 is 4.87. The van der Waals surface area contributed by atoms with Crippen LogP contribution in [0.1, 0.15) is 22.8 Å². The number of carbonyl (C=O) groups excluding carboxylic acids is 1. The Kier molecular flexibility index (Phi) is 4.49. The van der Waals surface area contributed by atoms with E-state index in [1.54, 1.807) is 18.2 Å². The van der Waals surface area contributed by atoms with Crippen molar-refractivity contribution in [2.45, 2.75) is 18.4 Å². The van der Waals surface area contributed by atoms with Crippen molar-refractivity contribution in [1.29, 1.82) is 0 Å². The minimum Gasteiger partial charge on any atom is -0.478 e. The standard InChI is InChI=1S/C11H11BrO4/c1-7(13)16-10(12)6-8-4-2-3-5-9(8)11(14)15/h2-5,10H,6H2,1H3,(H,14,15). The van der Waals surface area contributed by atoms with Crippen LogP contribution in [0.5, 0.6) is 0 Å². The van der Waals surface area contributed by atoms with Crippen molar-refractivity contribution >= 4 is 27.9 Å². The van der Waals surface area contributed by atoms with E-state index in [-0.39, 0.29) is 5.56 Å². The highest BCUT2D eigenvalue weighted by Gasteiger charge is 2.14. The van der Waals surface area contributed by atoms with E-state index in [0.717, 1.165) is 0 Å². The summed E-state index contributed by atoms with van der Waals surface area (Å²) >= 11 is 3.16. The van der Waals surface area contributed by atoms with Gasteiger partial charge in [0.05, 0.1) is 5.56 Å². The van der Waals surface area contributed by atoms with Gasteiger partial charge in [-0.2, -0.15) is 0 Å². The number of aromatic carboxylic acids is 1. The first-order chi connectivity index (χ1) is 7.50. The van der Waals surface area contributed by atoms with Gasteiger partial charge in [-0.3, -0.25) is 4.79 Å². The molecule has 4 nitrogen and oxygen atoms in total. The fourth-order valence-corrected chi connectivity index (χ4v) is 1.91. The molecule has 5 heteroatoms. The molecule has 0 saturated heterocycles.